The van der Waals surface area contributed by atoms with Gasteiger partial charge in [0, 0.05) is 24.7 Å². The number of para-hydroxylation sites is 1. The van der Waals surface area contributed by atoms with Crippen molar-refractivity contribution in [3.05, 3.63) is 59.7 Å². The van der Waals surface area contributed by atoms with E-state index in [2.05, 4.69) is 42.3 Å². The van der Waals surface area contributed by atoms with Gasteiger partial charge < -0.3 is 15.0 Å². The Kier molecular flexibility index (Phi) is 8.24. The maximum atomic E-state index is 12.8. The largest absolute Gasteiger partial charge is 0.493 e. The molecule has 3 nitrogen and oxygen atoms in total. The predicted molar refractivity (Wildman–Crippen MR) is 120 cm³/mol. The van der Waals surface area contributed by atoms with Crippen LogP contribution in [0.3, 0.4) is 0 Å². The Morgan fingerprint density at radius 1 is 1.06 bits per heavy atom. The molecule has 0 aliphatic carbocycles. The Hall–Kier alpha value is -2.21. The van der Waals surface area contributed by atoms with E-state index in [1.54, 1.807) is 0 Å². The predicted octanol–water partition coefficient (Wildman–Crippen LogP) is 6.42. The Bertz CT molecular complexity index is 807. The zero-order valence-corrected chi connectivity index (χ0v) is 18.4. The number of alkyl halides is 3. The Balaban J connectivity index is 1.75. The molecule has 2 atom stereocenters. The van der Waals surface area contributed by atoms with Crippen molar-refractivity contribution < 1.29 is 17.9 Å². The molecular weight excluding hydrogens is 401 g/mol. The van der Waals surface area contributed by atoms with Crippen LogP contribution in [0.5, 0.6) is 5.75 Å². The van der Waals surface area contributed by atoms with E-state index in [4.69, 9.17) is 4.74 Å². The van der Waals surface area contributed by atoms with Gasteiger partial charge in [-0.15, -0.1) is 0 Å². The fourth-order valence-electron chi connectivity index (χ4n) is 4.39. The second-order valence-electron chi connectivity index (χ2n) is 8.26. The van der Waals surface area contributed by atoms with Crippen LogP contribution >= 0.6 is 0 Å². The second kappa shape index (κ2) is 10.9. The molecule has 0 saturated carbocycles. The van der Waals surface area contributed by atoms with E-state index in [1.807, 2.05) is 6.07 Å². The SMILES string of the molecule is CCCCN1CCC(c2ccccc2NCC)C(COc2ccc(C(F)(F)F)cc2)C1. The van der Waals surface area contributed by atoms with Gasteiger partial charge in [-0.3, -0.25) is 0 Å². The lowest BCUT2D eigenvalue weighted by Gasteiger charge is -2.39. The summed E-state index contributed by atoms with van der Waals surface area (Å²) in [6.45, 7) is 8.71. The molecule has 0 amide bonds. The summed E-state index contributed by atoms with van der Waals surface area (Å²) in [5.41, 5.74) is 1.82. The third kappa shape index (κ3) is 6.39. The summed E-state index contributed by atoms with van der Waals surface area (Å²) in [5.74, 6) is 1.10. The van der Waals surface area contributed by atoms with Gasteiger partial charge in [0.05, 0.1) is 12.2 Å². The van der Waals surface area contributed by atoms with Crippen molar-refractivity contribution in [3.63, 3.8) is 0 Å². The minimum atomic E-state index is -4.33. The van der Waals surface area contributed by atoms with Gasteiger partial charge in [0.25, 0.3) is 0 Å². The standard InChI is InChI=1S/C25H33F3N2O/c1-3-5-15-30-16-14-22(23-8-6-7-9-24(23)29-4-2)19(17-30)18-31-21-12-10-20(11-13-21)25(26,27)28/h6-13,19,22,29H,3-5,14-18H2,1-2H3. The van der Waals surface area contributed by atoms with Crippen molar-refractivity contribution in [2.75, 3.05) is 38.1 Å². The topological polar surface area (TPSA) is 24.5 Å². The van der Waals surface area contributed by atoms with E-state index in [0.29, 0.717) is 18.3 Å². The normalized spacial score (nSPS) is 19.9. The molecule has 0 spiro atoms. The molecule has 2 aromatic carbocycles. The molecular formula is C25H33F3N2O. The Morgan fingerprint density at radius 3 is 2.48 bits per heavy atom. The molecule has 1 N–H and O–H groups in total. The molecule has 170 valence electrons. The summed E-state index contributed by atoms with van der Waals surface area (Å²) in [7, 11) is 0. The molecule has 2 unspecified atom stereocenters. The van der Waals surface area contributed by atoms with Crippen LogP contribution < -0.4 is 10.1 Å². The van der Waals surface area contributed by atoms with Crippen LogP contribution in [0.1, 0.15) is 50.2 Å². The molecule has 0 aromatic heterocycles. The van der Waals surface area contributed by atoms with E-state index in [1.165, 1.54) is 24.1 Å². The number of anilines is 1. The quantitative estimate of drug-likeness (QED) is 0.493. The molecule has 0 bridgehead atoms. The number of hydrogen-bond acceptors (Lipinski definition) is 3. The highest BCUT2D eigenvalue weighted by Gasteiger charge is 2.32. The number of likely N-dealkylation sites (tertiary alicyclic amines) is 1. The highest BCUT2D eigenvalue weighted by molar-refractivity contribution is 5.53. The van der Waals surface area contributed by atoms with Crippen LogP contribution in [-0.4, -0.2) is 37.7 Å². The Morgan fingerprint density at radius 2 is 1.81 bits per heavy atom. The fraction of sp³-hybridized carbons (Fsp3) is 0.520. The van der Waals surface area contributed by atoms with E-state index < -0.39 is 11.7 Å². The smallest absolute Gasteiger partial charge is 0.416 e. The van der Waals surface area contributed by atoms with Gasteiger partial charge in [0.15, 0.2) is 0 Å². The first kappa shape index (κ1) is 23.5. The average Bonchev–Trinajstić information content (AvgIpc) is 2.77. The molecule has 2 aromatic rings. The van der Waals surface area contributed by atoms with Gasteiger partial charge in [0.2, 0.25) is 0 Å². The number of halogens is 3. The molecule has 1 aliphatic rings. The number of piperidine rings is 1. The number of hydrogen-bond donors (Lipinski definition) is 1. The molecule has 31 heavy (non-hydrogen) atoms. The van der Waals surface area contributed by atoms with Crippen LogP contribution in [0, 0.1) is 5.92 Å². The third-order valence-corrected chi connectivity index (χ3v) is 6.02. The fourth-order valence-corrected chi connectivity index (χ4v) is 4.39. The summed E-state index contributed by atoms with van der Waals surface area (Å²) in [4.78, 5) is 2.50. The van der Waals surface area contributed by atoms with Gasteiger partial charge in [-0.1, -0.05) is 31.5 Å². The summed E-state index contributed by atoms with van der Waals surface area (Å²) >= 11 is 0. The first-order valence-electron chi connectivity index (χ1n) is 11.3. The molecule has 1 fully saturated rings. The summed E-state index contributed by atoms with van der Waals surface area (Å²) < 4.78 is 44.5. The van der Waals surface area contributed by atoms with Crippen LogP contribution in [-0.2, 0) is 6.18 Å². The number of benzene rings is 2. The van der Waals surface area contributed by atoms with Gasteiger partial charge in [-0.2, -0.15) is 13.2 Å². The maximum absolute atomic E-state index is 12.8. The minimum Gasteiger partial charge on any atom is -0.493 e. The second-order valence-corrected chi connectivity index (χ2v) is 8.26. The zero-order valence-electron chi connectivity index (χ0n) is 18.4. The van der Waals surface area contributed by atoms with Crippen LogP contribution in [0.4, 0.5) is 18.9 Å². The molecule has 1 saturated heterocycles. The number of nitrogens with one attached hydrogen (secondary N) is 1. The highest BCUT2D eigenvalue weighted by atomic mass is 19.4. The van der Waals surface area contributed by atoms with Crippen molar-refractivity contribution in [1.82, 2.24) is 4.90 Å². The van der Waals surface area contributed by atoms with E-state index in [-0.39, 0.29) is 5.92 Å². The average molecular weight is 435 g/mol. The Labute approximate surface area is 183 Å². The van der Waals surface area contributed by atoms with Crippen molar-refractivity contribution >= 4 is 5.69 Å². The van der Waals surface area contributed by atoms with E-state index in [0.717, 1.165) is 56.8 Å². The van der Waals surface area contributed by atoms with E-state index in [9.17, 15) is 13.2 Å². The minimum absolute atomic E-state index is 0.271. The maximum Gasteiger partial charge on any atom is 0.416 e. The first-order valence-corrected chi connectivity index (χ1v) is 11.3. The van der Waals surface area contributed by atoms with E-state index >= 15 is 0 Å². The number of ether oxygens (including phenoxy) is 1. The number of unbranched alkanes of at least 4 members (excludes halogenated alkanes) is 1. The molecule has 0 radical (unpaired) electrons. The van der Waals surface area contributed by atoms with Gasteiger partial charge in [0.1, 0.15) is 5.75 Å². The van der Waals surface area contributed by atoms with Crippen LogP contribution in [0.2, 0.25) is 0 Å². The lowest BCUT2D eigenvalue weighted by atomic mass is 9.80. The number of rotatable bonds is 9. The highest BCUT2D eigenvalue weighted by Crippen LogP contribution is 2.37. The summed E-state index contributed by atoms with van der Waals surface area (Å²) in [6, 6.07) is 13.4. The molecule has 3 rings (SSSR count). The van der Waals surface area contributed by atoms with Gasteiger partial charge >= 0.3 is 6.18 Å². The first-order chi connectivity index (χ1) is 14.9. The summed E-state index contributed by atoms with van der Waals surface area (Å²) in [6.07, 6.45) is -0.947. The van der Waals surface area contributed by atoms with Crippen molar-refractivity contribution in [1.29, 1.82) is 0 Å². The zero-order chi connectivity index (χ0) is 22.3. The summed E-state index contributed by atoms with van der Waals surface area (Å²) in [5, 5.41) is 3.47. The lowest BCUT2D eigenvalue weighted by molar-refractivity contribution is -0.137. The molecule has 1 heterocycles. The van der Waals surface area contributed by atoms with Gasteiger partial charge in [-0.25, -0.2) is 0 Å². The van der Waals surface area contributed by atoms with Crippen LogP contribution in [0.25, 0.3) is 0 Å². The van der Waals surface area contributed by atoms with Crippen molar-refractivity contribution in [2.24, 2.45) is 5.92 Å². The molecule has 1 aliphatic heterocycles. The number of nitrogens with zero attached hydrogens (tertiary/aromatic N) is 1. The van der Waals surface area contributed by atoms with Crippen molar-refractivity contribution in [2.45, 2.75) is 45.2 Å². The van der Waals surface area contributed by atoms with Crippen molar-refractivity contribution in [3.8, 4) is 5.75 Å². The van der Waals surface area contributed by atoms with Crippen LogP contribution in [0.15, 0.2) is 48.5 Å². The molecule has 6 heteroatoms. The third-order valence-electron chi connectivity index (χ3n) is 6.02. The van der Waals surface area contributed by atoms with Gasteiger partial charge in [-0.05, 0) is 74.7 Å². The monoisotopic (exact) mass is 434 g/mol. The lowest BCUT2D eigenvalue weighted by Crippen LogP contribution is -2.42.